The van der Waals surface area contributed by atoms with Crippen LogP contribution in [0.5, 0.6) is 0 Å². The lowest BCUT2D eigenvalue weighted by molar-refractivity contribution is -0.0236. The number of carbonyl (C=O) groups excluding carboxylic acids is 1. The van der Waals surface area contributed by atoms with E-state index in [2.05, 4.69) is 21.9 Å². The lowest BCUT2D eigenvalue weighted by Crippen LogP contribution is -2.46. The van der Waals surface area contributed by atoms with E-state index in [9.17, 15) is 15.0 Å². The molecule has 0 unspecified atom stereocenters. The molecule has 0 heterocycles. The normalized spacial score (nSPS) is 31.2. The molecule has 1 saturated carbocycles. The number of hydrogen-bond acceptors (Lipinski definition) is 5. The molecule has 124 valence electrons. The standard InChI is InChI=1S/C14H24N4O4/c1-5-6-14(8-16-12(21)22-13(2,3)4)7-9(17-18-15)10(19)11(14)20/h5,9-11,19-20H,1,6-8H2,2-4H3,(H,16,21)/t9-,10+,11+,14+/m1/s1. The van der Waals surface area contributed by atoms with E-state index in [1.54, 1.807) is 26.8 Å². The molecule has 8 heteroatoms. The maximum atomic E-state index is 11.8. The SMILES string of the molecule is C=CC[C@@]1(CNC(=O)OC(C)(C)C)C[C@@H](N=[N+]=[N-])[C@H](O)[C@@H]1O. The molecule has 1 amide bonds. The van der Waals surface area contributed by atoms with Crippen LogP contribution in [0.1, 0.15) is 33.6 Å². The Balaban J connectivity index is 2.82. The Morgan fingerprint density at radius 1 is 1.59 bits per heavy atom. The van der Waals surface area contributed by atoms with Crippen molar-refractivity contribution in [1.82, 2.24) is 5.32 Å². The monoisotopic (exact) mass is 312 g/mol. The summed E-state index contributed by atoms with van der Waals surface area (Å²) in [6.07, 6.45) is -0.692. The van der Waals surface area contributed by atoms with Crippen LogP contribution in [0, 0.1) is 5.41 Å². The third-order valence-electron chi connectivity index (χ3n) is 3.70. The van der Waals surface area contributed by atoms with Gasteiger partial charge in [0, 0.05) is 16.9 Å². The Bertz CT molecular complexity index is 470. The fourth-order valence-electron chi connectivity index (χ4n) is 2.71. The molecule has 0 saturated heterocycles. The number of carbonyl (C=O) groups is 1. The highest BCUT2D eigenvalue weighted by Crippen LogP contribution is 2.43. The van der Waals surface area contributed by atoms with Crippen molar-refractivity contribution in [3.05, 3.63) is 23.1 Å². The Kier molecular flexibility index (Phi) is 5.82. The minimum atomic E-state index is -1.17. The molecule has 0 aromatic rings. The second-order valence-electron chi connectivity index (χ2n) is 6.62. The molecular weight excluding hydrogens is 288 g/mol. The van der Waals surface area contributed by atoms with Gasteiger partial charge in [-0.2, -0.15) is 0 Å². The van der Waals surface area contributed by atoms with Gasteiger partial charge in [-0.05, 0) is 39.1 Å². The highest BCUT2D eigenvalue weighted by Gasteiger charge is 2.51. The predicted molar refractivity (Wildman–Crippen MR) is 81.0 cm³/mol. The first-order valence-corrected chi connectivity index (χ1v) is 7.13. The van der Waals surface area contributed by atoms with E-state index < -0.39 is 35.4 Å². The van der Waals surface area contributed by atoms with Crippen molar-refractivity contribution in [2.75, 3.05) is 6.54 Å². The molecule has 0 aromatic carbocycles. The predicted octanol–water partition coefficient (Wildman–Crippen LogP) is 1.88. The van der Waals surface area contributed by atoms with E-state index >= 15 is 0 Å². The average molecular weight is 312 g/mol. The Labute approximate surface area is 129 Å². The third-order valence-corrected chi connectivity index (χ3v) is 3.70. The lowest BCUT2D eigenvalue weighted by atomic mass is 9.80. The molecule has 1 rings (SSSR count). The fourth-order valence-corrected chi connectivity index (χ4v) is 2.71. The zero-order valence-electron chi connectivity index (χ0n) is 13.2. The zero-order chi connectivity index (χ0) is 17.0. The van der Waals surface area contributed by atoms with Crippen LogP contribution in [0.25, 0.3) is 10.4 Å². The average Bonchev–Trinajstić information content (AvgIpc) is 2.62. The van der Waals surface area contributed by atoms with Crippen molar-refractivity contribution in [1.29, 1.82) is 0 Å². The second kappa shape index (κ2) is 7.00. The quantitative estimate of drug-likeness (QED) is 0.310. The number of hydrogen-bond donors (Lipinski definition) is 3. The van der Waals surface area contributed by atoms with Crippen LogP contribution in [-0.2, 0) is 4.74 Å². The fraction of sp³-hybridized carbons (Fsp3) is 0.786. The summed E-state index contributed by atoms with van der Waals surface area (Å²) in [5.41, 5.74) is 7.07. The summed E-state index contributed by atoms with van der Waals surface area (Å²) in [4.78, 5) is 14.5. The molecule has 0 aromatic heterocycles. The summed E-state index contributed by atoms with van der Waals surface area (Å²) >= 11 is 0. The van der Waals surface area contributed by atoms with E-state index in [4.69, 9.17) is 10.3 Å². The largest absolute Gasteiger partial charge is 0.444 e. The molecule has 0 aliphatic heterocycles. The van der Waals surface area contributed by atoms with Crippen molar-refractivity contribution >= 4 is 6.09 Å². The number of alkyl carbamates (subject to hydrolysis) is 1. The number of ether oxygens (including phenoxy) is 1. The van der Waals surface area contributed by atoms with Crippen molar-refractivity contribution in [2.45, 2.75) is 57.5 Å². The van der Waals surface area contributed by atoms with Gasteiger partial charge in [-0.3, -0.25) is 0 Å². The summed E-state index contributed by atoms with van der Waals surface area (Å²) < 4.78 is 5.16. The van der Waals surface area contributed by atoms with Gasteiger partial charge in [-0.15, -0.1) is 6.58 Å². The minimum absolute atomic E-state index is 0.0869. The van der Waals surface area contributed by atoms with Gasteiger partial charge in [0.1, 0.15) is 5.60 Å². The van der Waals surface area contributed by atoms with Crippen LogP contribution >= 0.6 is 0 Å². The molecule has 1 aliphatic rings. The summed E-state index contributed by atoms with van der Waals surface area (Å²) in [7, 11) is 0. The van der Waals surface area contributed by atoms with Crippen molar-refractivity contribution in [3.63, 3.8) is 0 Å². The van der Waals surface area contributed by atoms with Crippen LogP contribution in [0.3, 0.4) is 0 Å². The highest BCUT2D eigenvalue weighted by molar-refractivity contribution is 5.67. The third kappa shape index (κ3) is 4.37. The summed E-state index contributed by atoms with van der Waals surface area (Å²) in [6, 6.07) is -0.736. The number of amides is 1. The van der Waals surface area contributed by atoms with Gasteiger partial charge >= 0.3 is 6.09 Å². The van der Waals surface area contributed by atoms with E-state index in [1.165, 1.54) is 0 Å². The number of nitrogens with zero attached hydrogens (tertiary/aromatic N) is 3. The van der Waals surface area contributed by atoms with Crippen molar-refractivity contribution < 1.29 is 19.7 Å². The molecule has 8 nitrogen and oxygen atoms in total. The lowest BCUT2D eigenvalue weighted by Gasteiger charge is -2.32. The molecule has 3 N–H and O–H groups in total. The highest BCUT2D eigenvalue weighted by atomic mass is 16.6. The maximum Gasteiger partial charge on any atom is 0.407 e. The number of azide groups is 1. The summed E-state index contributed by atoms with van der Waals surface area (Å²) in [6.45, 7) is 8.98. The number of aliphatic hydroxyl groups excluding tert-OH is 2. The first kappa shape index (κ1) is 18.3. The molecule has 22 heavy (non-hydrogen) atoms. The van der Waals surface area contributed by atoms with Crippen LogP contribution < -0.4 is 5.32 Å². The van der Waals surface area contributed by atoms with E-state index in [0.29, 0.717) is 6.42 Å². The number of aliphatic hydroxyl groups is 2. The van der Waals surface area contributed by atoms with Gasteiger partial charge in [-0.1, -0.05) is 11.2 Å². The second-order valence-corrected chi connectivity index (χ2v) is 6.62. The number of rotatable bonds is 5. The zero-order valence-corrected chi connectivity index (χ0v) is 13.2. The van der Waals surface area contributed by atoms with Crippen LogP contribution in [0.15, 0.2) is 17.8 Å². The van der Waals surface area contributed by atoms with Gasteiger partial charge in [-0.25, -0.2) is 4.79 Å². The van der Waals surface area contributed by atoms with Gasteiger partial charge in [0.25, 0.3) is 0 Å². The van der Waals surface area contributed by atoms with E-state index in [1.807, 2.05) is 0 Å². The van der Waals surface area contributed by atoms with Gasteiger partial charge in [0.15, 0.2) is 0 Å². The number of allylic oxidation sites excluding steroid dienone is 1. The van der Waals surface area contributed by atoms with Crippen molar-refractivity contribution in [2.24, 2.45) is 10.5 Å². The van der Waals surface area contributed by atoms with Gasteiger partial charge < -0.3 is 20.3 Å². The maximum absolute atomic E-state index is 11.8. The topological polar surface area (TPSA) is 128 Å². The van der Waals surface area contributed by atoms with Crippen molar-refractivity contribution in [3.8, 4) is 0 Å². The molecule has 1 aliphatic carbocycles. The molecule has 1 fully saturated rings. The smallest absolute Gasteiger partial charge is 0.407 e. The molecule has 4 atom stereocenters. The Morgan fingerprint density at radius 2 is 2.23 bits per heavy atom. The van der Waals surface area contributed by atoms with Crippen LogP contribution in [-0.4, -0.2) is 46.7 Å². The first-order valence-electron chi connectivity index (χ1n) is 7.13. The van der Waals surface area contributed by atoms with E-state index in [-0.39, 0.29) is 13.0 Å². The van der Waals surface area contributed by atoms with Gasteiger partial charge in [0.05, 0.1) is 18.2 Å². The van der Waals surface area contributed by atoms with E-state index in [0.717, 1.165) is 0 Å². The van der Waals surface area contributed by atoms with Gasteiger partial charge in [0.2, 0.25) is 0 Å². The Morgan fingerprint density at radius 3 is 2.73 bits per heavy atom. The number of nitrogens with one attached hydrogen (secondary N) is 1. The molecule has 0 radical (unpaired) electrons. The summed E-state index contributed by atoms with van der Waals surface area (Å²) in [5.74, 6) is 0. The molecule has 0 bridgehead atoms. The first-order chi connectivity index (χ1) is 10.1. The minimum Gasteiger partial charge on any atom is -0.444 e. The molecule has 0 spiro atoms. The summed E-state index contributed by atoms with van der Waals surface area (Å²) in [5, 5.41) is 26.4. The Hall–Kier alpha value is -1.76. The van der Waals surface area contributed by atoms with Crippen LogP contribution in [0.4, 0.5) is 4.79 Å². The molecular formula is C14H24N4O4. The van der Waals surface area contributed by atoms with Crippen LogP contribution in [0.2, 0.25) is 0 Å².